The minimum Gasteiger partial charge on any atom is -0.490 e. The number of rotatable bonds is 8. The first kappa shape index (κ1) is 30.7. The summed E-state index contributed by atoms with van der Waals surface area (Å²) in [5.74, 6) is 0.438. The van der Waals surface area contributed by atoms with Crippen LogP contribution < -0.4 is 14.5 Å². The van der Waals surface area contributed by atoms with Crippen molar-refractivity contribution >= 4 is 17.3 Å². The lowest BCUT2D eigenvalue weighted by Crippen LogP contribution is -2.61. The molecule has 8 rings (SSSR count). The summed E-state index contributed by atoms with van der Waals surface area (Å²) in [7, 11) is 0. The topological polar surface area (TPSA) is 53.0 Å². The first-order chi connectivity index (χ1) is 24.0. The average Bonchev–Trinajstić information content (AvgIpc) is 3.39. The summed E-state index contributed by atoms with van der Waals surface area (Å²) < 4.78 is 6.57. The summed E-state index contributed by atoms with van der Waals surface area (Å²) in [5, 5.41) is 13.1. The Morgan fingerprint density at radius 2 is 1.24 bits per heavy atom. The van der Waals surface area contributed by atoms with Gasteiger partial charge in [0.2, 0.25) is 5.91 Å². The van der Waals surface area contributed by atoms with Gasteiger partial charge in [0.15, 0.2) is 0 Å². The van der Waals surface area contributed by atoms with Crippen LogP contribution in [-0.2, 0) is 35.4 Å². The quantitative estimate of drug-likeness (QED) is 0.182. The maximum atomic E-state index is 15.4. The van der Waals surface area contributed by atoms with E-state index >= 15 is 4.79 Å². The van der Waals surface area contributed by atoms with Crippen molar-refractivity contribution in [3.63, 3.8) is 0 Å². The maximum Gasteiger partial charge on any atom is 0.246 e. The Bertz CT molecular complexity index is 2060. The van der Waals surface area contributed by atoms with Gasteiger partial charge in [-0.2, -0.15) is 0 Å². The second kappa shape index (κ2) is 12.4. The van der Waals surface area contributed by atoms with E-state index in [0.717, 1.165) is 28.1 Å². The number of carbonyl (C=O) groups is 1. The molecular weight excluding hydrogens is 604 g/mol. The van der Waals surface area contributed by atoms with Crippen LogP contribution in [0.5, 0.6) is 5.75 Å². The van der Waals surface area contributed by atoms with Gasteiger partial charge in [-0.1, -0.05) is 145 Å². The van der Waals surface area contributed by atoms with Crippen molar-refractivity contribution in [2.24, 2.45) is 0 Å². The summed E-state index contributed by atoms with van der Waals surface area (Å²) >= 11 is 0. The van der Waals surface area contributed by atoms with Crippen LogP contribution in [-0.4, -0.2) is 17.6 Å². The number of nitrogens with zero attached hydrogens (tertiary/aromatic N) is 2. The molecule has 0 saturated heterocycles. The monoisotopic (exact) mass is 642 g/mol. The van der Waals surface area contributed by atoms with Gasteiger partial charge in [-0.15, -0.1) is 0 Å². The molecule has 0 saturated carbocycles. The minimum atomic E-state index is -1.68. The molecule has 2 aliphatic heterocycles. The maximum absolute atomic E-state index is 15.4. The van der Waals surface area contributed by atoms with E-state index in [1.807, 2.05) is 115 Å². The number of hydrogen-bond acceptors (Lipinski definition) is 4. The summed E-state index contributed by atoms with van der Waals surface area (Å²) in [4.78, 5) is 19.5. The number of anilines is 2. The molecule has 6 aromatic carbocycles. The molecule has 2 atom stereocenters. The highest BCUT2D eigenvalue weighted by molar-refractivity contribution is 6.12. The second-order valence-corrected chi connectivity index (χ2v) is 13.2. The fourth-order valence-corrected chi connectivity index (χ4v) is 7.66. The molecule has 5 heteroatoms. The second-order valence-electron chi connectivity index (χ2n) is 13.2. The van der Waals surface area contributed by atoms with Crippen LogP contribution in [0.3, 0.4) is 0 Å². The molecule has 0 unspecified atom stereocenters. The zero-order chi connectivity index (χ0) is 33.4. The molecule has 2 heterocycles. The normalized spacial score (nSPS) is 19.3. The number of benzene rings is 6. The van der Waals surface area contributed by atoms with Gasteiger partial charge in [-0.05, 0) is 46.9 Å². The largest absolute Gasteiger partial charge is 0.490 e. The number of amides is 1. The van der Waals surface area contributed by atoms with Gasteiger partial charge < -0.3 is 19.6 Å². The number of fused-ring (bicyclic) bond motifs is 4. The molecule has 0 fully saturated rings. The third-order valence-corrected chi connectivity index (χ3v) is 10.1. The van der Waals surface area contributed by atoms with E-state index in [0.29, 0.717) is 36.5 Å². The van der Waals surface area contributed by atoms with Crippen LogP contribution in [0.15, 0.2) is 158 Å². The highest BCUT2D eigenvalue weighted by Gasteiger charge is 2.67. The minimum absolute atomic E-state index is 0.0802. The predicted octanol–water partition coefficient (Wildman–Crippen LogP) is 8.31. The third-order valence-electron chi connectivity index (χ3n) is 10.1. The van der Waals surface area contributed by atoms with Crippen LogP contribution in [0, 0.1) is 6.92 Å². The van der Waals surface area contributed by atoms with Gasteiger partial charge in [-0.25, -0.2) is 0 Å². The van der Waals surface area contributed by atoms with Crippen LogP contribution in [0.4, 0.5) is 11.4 Å². The smallest absolute Gasteiger partial charge is 0.246 e. The molecule has 0 radical (unpaired) electrons. The molecule has 49 heavy (non-hydrogen) atoms. The van der Waals surface area contributed by atoms with Crippen molar-refractivity contribution in [3.05, 3.63) is 197 Å². The number of ether oxygens (including phenoxy) is 1. The van der Waals surface area contributed by atoms with Gasteiger partial charge in [0.1, 0.15) is 23.4 Å². The van der Waals surface area contributed by atoms with Crippen LogP contribution in [0.2, 0.25) is 0 Å². The molecule has 0 aliphatic carbocycles. The lowest BCUT2D eigenvalue weighted by molar-refractivity contribution is -0.139. The van der Waals surface area contributed by atoms with E-state index in [1.54, 1.807) is 0 Å². The van der Waals surface area contributed by atoms with E-state index in [2.05, 4.69) is 59.5 Å². The fourth-order valence-electron chi connectivity index (χ4n) is 7.66. The molecule has 5 nitrogen and oxygen atoms in total. The fraction of sp³-hybridized carbons (Fsp3) is 0.159. The Balaban J connectivity index is 1.30. The Hall–Kier alpha value is -5.65. The first-order valence-electron chi connectivity index (χ1n) is 16.8. The summed E-state index contributed by atoms with van der Waals surface area (Å²) in [5.41, 5.74) is 5.22. The Morgan fingerprint density at radius 1 is 0.673 bits per heavy atom. The van der Waals surface area contributed by atoms with Crippen molar-refractivity contribution < 1.29 is 14.6 Å². The number of aliphatic hydroxyl groups is 1. The van der Waals surface area contributed by atoms with Gasteiger partial charge in [0.05, 0.1) is 6.54 Å². The van der Waals surface area contributed by atoms with E-state index in [9.17, 15) is 5.11 Å². The van der Waals surface area contributed by atoms with Crippen molar-refractivity contribution in [2.45, 2.75) is 37.6 Å². The number of para-hydroxylation sites is 1. The van der Waals surface area contributed by atoms with Crippen LogP contribution in [0.25, 0.3) is 0 Å². The molecule has 242 valence electrons. The van der Waals surface area contributed by atoms with Gasteiger partial charge in [-0.3, -0.25) is 4.79 Å². The lowest BCUT2D eigenvalue weighted by Gasteiger charge is -2.48. The highest BCUT2D eigenvalue weighted by atomic mass is 16.5. The van der Waals surface area contributed by atoms with Gasteiger partial charge >= 0.3 is 0 Å². The van der Waals surface area contributed by atoms with E-state index in [4.69, 9.17) is 4.74 Å². The summed E-state index contributed by atoms with van der Waals surface area (Å²) in [6.45, 7) is 3.72. The number of hydrogen-bond donors (Lipinski definition) is 1. The Morgan fingerprint density at radius 3 is 1.88 bits per heavy atom. The SMILES string of the molecule is Cc1ccc([C@@]2(O)COc3cc(N(Cc4ccccc4)Cc4ccccc4)ccc3[C@]23C(=O)N(Cc2ccccc2)c2ccccc23)cc1. The molecule has 2 aliphatic rings. The molecule has 0 aromatic heterocycles. The Labute approximate surface area is 287 Å². The highest BCUT2D eigenvalue weighted by Crippen LogP contribution is 2.60. The van der Waals surface area contributed by atoms with Crippen LogP contribution in [0.1, 0.15) is 38.9 Å². The average molecular weight is 643 g/mol. The van der Waals surface area contributed by atoms with Crippen molar-refractivity contribution in [1.29, 1.82) is 0 Å². The number of aryl methyl sites for hydroxylation is 1. The van der Waals surface area contributed by atoms with E-state index < -0.39 is 11.0 Å². The van der Waals surface area contributed by atoms with E-state index in [-0.39, 0.29) is 12.5 Å². The lowest BCUT2D eigenvalue weighted by atomic mass is 9.60. The molecule has 6 aromatic rings. The molecule has 1 spiro atoms. The van der Waals surface area contributed by atoms with Gasteiger partial charge in [0.25, 0.3) is 0 Å². The summed E-state index contributed by atoms with van der Waals surface area (Å²) in [6.07, 6.45) is 0. The molecule has 0 bridgehead atoms. The number of carbonyl (C=O) groups excluding carboxylic acids is 1. The molecule has 1 amide bonds. The first-order valence-corrected chi connectivity index (χ1v) is 16.8. The van der Waals surface area contributed by atoms with Gasteiger partial charge in [0, 0.05) is 36.1 Å². The van der Waals surface area contributed by atoms with Crippen molar-refractivity contribution in [2.75, 3.05) is 16.4 Å². The zero-order valence-corrected chi connectivity index (χ0v) is 27.5. The summed E-state index contributed by atoms with van der Waals surface area (Å²) in [6, 6.07) is 52.7. The zero-order valence-electron chi connectivity index (χ0n) is 27.5. The van der Waals surface area contributed by atoms with E-state index in [1.165, 1.54) is 11.1 Å². The molecular formula is C44H38N2O3. The predicted molar refractivity (Wildman–Crippen MR) is 195 cm³/mol. The molecule has 1 N–H and O–H groups in total. The third kappa shape index (κ3) is 5.18. The van der Waals surface area contributed by atoms with Crippen molar-refractivity contribution in [1.82, 2.24) is 0 Å². The Kier molecular flexibility index (Phi) is 7.77. The van der Waals surface area contributed by atoms with Crippen LogP contribution >= 0.6 is 0 Å². The van der Waals surface area contributed by atoms with Crippen molar-refractivity contribution in [3.8, 4) is 5.75 Å². The standard InChI is InChI=1S/C44H38N2O3/c1-32-21-23-36(24-22-32)43(48)31-49-41-27-37(45(28-33-13-5-2-6-14-33)29-34-15-7-3-8-16-34)25-26-39(41)44(43)38-19-11-12-20-40(38)46(42(44)47)30-35-17-9-4-10-18-35/h2-27,48H,28-31H2,1H3/t43-,44+/m0/s1.